The van der Waals surface area contributed by atoms with Gasteiger partial charge in [0.2, 0.25) is 0 Å². The largest absolute Gasteiger partial charge is 0.317 e. The molecule has 4 unspecified atom stereocenters. The summed E-state index contributed by atoms with van der Waals surface area (Å²) in [6.07, 6.45) is 4.00. The van der Waals surface area contributed by atoms with E-state index >= 15 is 0 Å². The van der Waals surface area contributed by atoms with Gasteiger partial charge in [-0.05, 0) is 55.5 Å². The highest BCUT2D eigenvalue weighted by Crippen LogP contribution is 2.33. The highest BCUT2D eigenvalue weighted by molar-refractivity contribution is 4.75. The first-order valence-electron chi connectivity index (χ1n) is 8.16. The lowest BCUT2D eigenvalue weighted by Crippen LogP contribution is -2.26. The molecular formula is C17H37N. The van der Waals surface area contributed by atoms with Gasteiger partial charge in [-0.25, -0.2) is 0 Å². The fraction of sp³-hybridized carbons (Fsp3) is 1.00. The van der Waals surface area contributed by atoms with E-state index in [1.165, 1.54) is 25.8 Å². The molecule has 0 aliphatic heterocycles. The summed E-state index contributed by atoms with van der Waals surface area (Å²) in [5.74, 6) is 4.24. The van der Waals surface area contributed by atoms with E-state index < -0.39 is 0 Å². The topological polar surface area (TPSA) is 12.0 Å². The molecule has 0 aromatic carbocycles. The highest BCUT2D eigenvalue weighted by Gasteiger charge is 2.26. The van der Waals surface area contributed by atoms with Crippen LogP contribution in [-0.2, 0) is 0 Å². The zero-order chi connectivity index (χ0) is 14.1. The molecule has 0 saturated heterocycles. The summed E-state index contributed by atoms with van der Waals surface area (Å²) in [6.45, 7) is 19.0. The van der Waals surface area contributed by atoms with Crippen LogP contribution in [0.25, 0.3) is 0 Å². The Hall–Kier alpha value is -0.0400. The van der Waals surface area contributed by atoms with Crippen molar-refractivity contribution in [3.63, 3.8) is 0 Å². The van der Waals surface area contributed by atoms with Crippen molar-refractivity contribution in [1.82, 2.24) is 5.32 Å². The standard InChI is InChI=1S/C17H37N/c1-8-13(3)15(5)17(7)16(6)14(4)11-10-12-18-9-2/h13-18H,8-12H2,1-7H3/t13?,14?,15?,16-,17?/m0/s1. The third-order valence-corrected chi connectivity index (χ3v) is 5.36. The van der Waals surface area contributed by atoms with E-state index in [1.807, 2.05) is 0 Å². The van der Waals surface area contributed by atoms with Crippen LogP contribution in [-0.4, -0.2) is 13.1 Å². The van der Waals surface area contributed by atoms with Crippen LogP contribution in [0.15, 0.2) is 0 Å². The molecule has 18 heavy (non-hydrogen) atoms. The summed E-state index contributed by atoms with van der Waals surface area (Å²) >= 11 is 0. The van der Waals surface area contributed by atoms with Gasteiger partial charge in [0.25, 0.3) is 0 Å². The SMILES string of the molecule is CCNCCCC(C)[C@H](C)C(C)C(C)C(C)CC. The van der Waals surface area contributed by atoms with Crippen LogP contribution in [0.5, 0.6) is 0 Å². The minimum Gasteiger partial charge on any atom is -0.317 e. The van der Waals surface area contributed by atoms with Crippen molar-refractivity contribution in [3.8, 4) is 0 Å². The van der Waals surface area contributed by atoms with Crippen molar-refractivity contribution in [1.29, 1.82) is 0 Å². The average molecular weight is 255 g/mol. The molecule has 1 heteroatoms. The molecule has 1 N–H and O–H groups in total. The molecule has 0 aromatic rings. The Morgan fingerprint density at radius 1 is 0.778 bits per heavy atom. The van der Waals surface area contributed by atoms with Crippen LogP contribution in [0.3, 0.4) is 0 Å². The Kier molecular flexibility index (Phi) is 9.81. The van der Waals surface area contributed by atoms with Gasteiger partial charge in [-0.1, -0.05) is 54.9 Å². The maximum atomic E-state index is 3.42. The van der Waals surface area contributed by atoms with Crippen molar-refractivity contribution < 1.29 is 0 Å². The number of hydrogen-bond donors (Lipinski definition) is 1. The Balaban J connectivity index is 4.06. The van der Waals surface area contributed by atoms with Gasteiger partial charge in [0.05, 0.1) is 0 Å². The predicted octanol–water partition coefficient (Wildman–Crippen LogP) is 4.97. The molecule has 0 spiro atoms. The van der Waals surface area contributed by atoms with Crippen molar-refractivity contribution in [2.24, 2.45) is 29.6 Å². The van der Waals surface area contributed by atoms with Crippen LogP contribution in [0.1, 0.15) is 67.7 Å². The maximum Gasteiger partial charge on any atom is -0.00489 e. The van der Waals surface area contributed by atoms with E-state index in [9.17, 15) is 0 Å². The number of hydrogen-bond acceptors (Lipinski definition) is 1. The van der Waals surface area contributed by atoms with Crippen LogP contribution in [0.4, 0.5) is 0 Å². The lowest BCUT2D eigenvalue weighted by molar-refractivity contribution is 0.160. The maximum absolute atomic E-state index is 3.42. The second-order valence-corrected chi connectivity index (χ2v) is 6.44. The van der Waals surface area contributed by atoms with Crippen molar-refractivity contribution in [2.45, 2.75) is 67.7 Å². The lowest BCUT2D eigenvalue weighted by Gasteiger charge is -2.33. The second-order valence-electron chi connectivity index (χ2n) is 6.44. The molecule has 0 aliphatic carbocycles. The van der Waals surface area contributed by atoms with Crippen LogP contribution in [0, 0.1) is 29.6 Å². The molecular weight excluding hydrogens is 218 g/mol. The van der Waals surface area contributed by atoms with Gasteiger partial charge in [-0.15, -0.1) is 0 Å². The molecule has 0 radical (unpaired) electrons. The van der Waals surface area contributed by atoms with Gasteiger partial charge in [-0.3, -0.25) is 0 Å². The monoisotopic (exact) mass is 255 g/mol. The van der Waals surface area contributed by atoms with Gasteiger partial charge in [0.15, 0.2) is 0 Å². The van der Waals surface area contributed by atoms with E-state index in [0.717, 1.165) is 36.1 Å². The Bertz CT molecular complexity index is 190. The number of rotatable bonds is 10. The zero-order valence-electron chi connectivity index (χ0n) is 13.9. The van der Waals surface area contributed by atoms with Crippen molar-refractivity contribution in [3.05, 3.63) is 0 Å². The molecule has 0 bridgehead atoms. The van der Waals surface area contributed by atoms with E-state index in [0.29, 0.717) is 0 Å². The van der Waals surface area contributed by atoms with E-state index in [-0.39, 0.29) is 0 Å². The summed E-state index contributed by atoms with van der Waals surface area (Å²) < 4.78 is 0. The summed E-state index contributed by atoms with van der Waals surface area (Å²) in [7, 11) is 0. The van der Waals surface area contributed by atoms with Crippen molar-refractivity contribution >= 4 is 0 Å². The van der Waals surface area contributed by atoms with Gasteiger partial charge < -0.3 is 5.32 Å². The molecule has 0 aromatic heterocycles. The predicted molar refractivity (Wildman–Crippen MR) is 83.9 cm³/mol. The van der Waals surface area contributed by atoms with Crippen molar-refractivity contribution in [2.75, 3.05) is 13.1 Å². The first-order chi connectivity index (χ1) is 8.45. The summed E-state index contributed by atoms with van der Waals surface area (Å²) in [5, 5.41) is 3.42. The Labute approximate surface area is 116 Å². The van der Waals surface area contributed by atoms with E-state index in [1.54, 1.807) is 0 Å². The van der Waals surface area contributed by atoms with Gasteiger partial charge >= 0.3 is 0 Å². The summed E-state index contributed by atoms with van der Waals surface area (Å²) in [5.41, 5.74) is 0. The molecule has 1 nitrogen and oxygen atoms in total. The zero-order valence-corrected chi connectivity index (χ0v) is 13.9. The summed E-state index contributed by atoms with van der Waals surface area (Å²) in [6, 6.07) is 0. The van der Waals surface area contributed by atoms with Gasteiger partial charge in [0, 0.05) is 0 Å². The van der Waals surface area contributed by atoms with Crippen LogP contribution >= 0.6 is 0 Å². The molecule has 0 aliphatic rings. The van der Waals surface area contributed by atoms with Crippen LogP contribution in [0.2, 0.25) is 0 Å². The first-order valence-corrected chi connectivity index (χ1v) is 8.16. The lowest BCUT2D eigenvalue weighted by atomic mass is 9.72. The molecule has 0 amide bonds. The van der Waals surface area contributed by atoms with E-state index in [2.05, 4.69) is 53.8 Å². The summed E-state index contributed by atoms with van der Waals surface area (Å²) in [4.78, 5) is 0. The molecule has 110 valence electrons. The molecule has 0 rings (SSSR count). The molecule has 0 heterocycles. The Morgan fingerprint density at radius 2 is 1.33 bits per heavy atom. The second kappa shape index (κ2) is 9.83. The smallest absolute Gasteiger partial charge is 0.00489 e. The van der Waals surface area contributed by atoms with Gasteiger partial charge in [0.1, 0.15) is 0 Å². The third kappa shape index (κ3) is 6.22. The quantitative estimate of drug-likeness (QED) is 0.544. The normalized spacial score (nSPS) is 20.2. The van der Waals surface area contributed by atoms with Crippen LogP contribution < -0.4 is 5.32 Å². The van der Waals surface area contributed by atoms with E-state index in [4.69, 9.17) is 0 Å². The fourth-order valence-electron chi connectivity index (χ4n) is 2.88. The third-order valence-electron chi connectivity index (χ3n) is 5.36. The average Bonchev–Trinajstić information content (AvgIpc) is 2.39. The molecule has 5 atom stereocenters. The fourth-order valence-corrected chi connectivity index (χ4v) is 2.88. The van der Waals surface area contributed by atoms with Gasteiger partial charge in [-0.2, -0.15) is 0 Å². The molecule has 0 fully saturated rings. The minimum atomic E-state index is 0.842. The Morgan fingerprint density at radius 3 is 1.83 bits per heavy atom. The minimum absolute atomic E-state index is 0.842. The first kappa shape index (κ1) is 18.0. The molecule has 0 saturated carbocycles. The number of nitrogens with one attached hydrogen (secondary N) is 1. The highest BCUT2D eigenvalue weighted by atomic mass is 14.8.